The summed E-state index contributed by atoms with van der Waals surface area (Å²) < 4.78 is 1.79. The molecule has 0 radical (unpaired) electrons. The van der Waals surface area contributed by atoms with Gasteiger partial charge in [0.05, 0.1) is 18.5 Å². The Morgan fingerprint density at radius 2 is 2.21 bits per heavy atom. The number of tetrazole rings is 1. The molecule has 1 aromatic rings. The van der Waals surface area contributed by atoms with Crippen LogP contribution in [0.2, 0.25) is 0 Å². The summed E-state index contributed by atoms with van der Waals surface area (Å²) in [5.74, 6) is 0.515. The fourth-order valence-corrected chi connectivity index (χ4v) is 2.67. The zero-order valence-corrected chi connectivity index (χ0v) is 11.5. The van der Waals surface area contributed by atoms with Crippen LogP contribution in [-0.4, -0.2) is 32.2 Å². The lowest BCUT2D eigenvalue weighted by molar-refractivity contribution is -0.123. The molecular weight excluding hydrogens is 244 g/mol. The van der Waals surface area contributed by atoms with E-state index in [9.17, 15) is 4.79 Å². The monoisotopic (exact) mass is 266 g/mol. The molecule has 1 aromatic heterocycles. The van der Waals surface area contributed by atoms with E-state index in [1.165, 1.54) is 0 Å². The summed E-state index contributed by atoms with van der Waals surface area (Å²) in [4.78, 5) is 11.4. The van der Waals surface area contributed by atoms with Crippen LogP contribution in [0, 0.1) is 5.92 Å². The van der Waals surface area contributed by atoms with E-state index in [1.54, 1.807) is 4.68 Å². The first-order chi connectivity index (χ1) is 9.09. The minimum atomic E-state index is -0.208. The summed E-state index contributed by atoms with van der Waals surface area (Å²) in [7, 11) is 0. The Morgan fingerprint density at radius 3 is 2.89 bits per heavy atom. The van der Waals surface area contributed by atoms with Crippen molar-refractivity contribution in [3.05, 3.63) is 5.82 Å². The number of nitrogens with two attached hydrogens (primary N) is 1. The van der Waals surface area contributed by atoms with Gasteiger partial charge >= 0.3 is 0 Å². The summed E-state index contributed by atoms with van der Waals surface area (Å²) in [5.41, 5.74) is 5.46. The lowest BCUT2D eigenvalue weighted by Gasteiger charge is -2.30. The molecule has 1 aliphatic rings. The van der Waals surface area contributed by atoms with Gasteiger partial charge in [0.2, 0.25) is 5.91 Å². The second-order valence-corrected chi connectivity index (χ2v) is 5.41. The number of primary amides is 1. The van der Waals surface area contributed by atoms with E-state index in [2.05, 4.69) is 20.8 Å². The number of nitrogens with zero attached hydrogens (tertiary/aromatic N) is 4. The highest BCUT2D eigenvalue weighted by atomic mass is 16.1. The third-order valence-corrected chi connectivity index (χ3v) is 3.70. The van der Waals surface area contributed by atoms with E-state index in [1.807, 2.05) is 13.8 Å². The van der Waals surface area contributed by atoms with Gasteiger partial charge in [-0.2, -0.15) is 0 Å². The molecule has 0 saturated heterocycles. The van der Waals surface area contributed by atoms with E-state index in [0.29, 0.717) is 6.54 Å². The predicted octanol–water partition coefficient (Wildman–Crippen LogP) is 0.388. The molecule has 0 bridgehead atoms. The Morgan fingerprint density at radius 1 is 1.47 bits per heavy atom. The second-order valence-electron chi connectivity index (χ2n) is 5.41. The number of nitrogens with one attached hydrogen (secondary N) is 1. The Kier molecular flexibility index (Phi) is 4.47. The van der Waals surface area contributed by atoms with Crippen molar-refractivity contribution in [3.8, 4) is 0 Å². The summed E-state index contributed by atoms with van der Waals surface area (Å²) in [5, 5.41) is 15.1. The van der Waals surface area contributed by atoms with Crippen LogP contribution in [0.1, 0.15) is 51.4 Å². The molecule has 1 fully saturated rings. The van der Waals surface area contributed by atoms with Crippen molar-refractivity contribution in [2.75, 3.05) is 0 Å². The van der Waals surface area contributed by atoms with Gasteiger partial charge in [-0.1, -0.05) is 12.8 Å². The largest absolute Gasteiger partial charge is 0.369 e. The van der Waals surface area contributed by atoms with Crippen molar-refractivity contribution in [2.24, 2.45) is 11.7 Å². The lowest BCUT2D eigenvalue weighted by atomic mass is 9.84. The highest BCUT2D eigenvalue weighted by Gasteiger charge is 2.29. The van der Waals surface area contributed by atoms with Gasteiger partial charge in [-0.3, -0.25) is 4.79 Å². The molecule has 3 N–H and O–H groups in total. The summed E-state index contributed by atoms with van der Waals surface area (Å²) in [6.45, 7) is 4.64. The molecule has 1 heterocycles. The van der Waals surface area contributed by atoms with Crippen LogP contribution in [0.25, 0.3) is 0 Å². The summed E-state index contributed by atoms with van der Waals surface area (Å²) in [6, 6.07) is 0.369. The number of amides is 1. The topological polar surface area (TPSA) is 98.7 Å². The first-order valence-electron chi connectivity index (χ1n) is 6.89. The normalized spacial score (nSPS) is 23.7. The maximum absolute atomic E-state index is 11.4. The maximum Gasteiger partial charge on any atom is 0.222 e. The third kappa shape index (κ3) is 3.28. The molecule has 0 aromatic carbocycles. The number of hydrogen-bond acceptors (Lipinski definition) is 5. The molecule has 106 valence electrons. The van der Waals surface area contributed by atoms with E-state index < -0.39 is 0 Å². The molecule has 2 rings (SSSR count). The minimum absolute atomic E-state index is 0.0721. The van der Waals surface area contributed by atoms with Crippen LogP contribution in [0.4, 0.5) is 0 Å². The molecule has 0 unspecified atom stereocenters. The van der Waals surface area contributed by atoms with Crippen molar-refractivity contribution >= 4 is 5.91 Å². The standard InChI is InChI=1S/C12H22N6O/c1-8(2)18-11(15-16-17-18)7-14-10-6-4-3-5-9(10)12(13)19/h8-10,14H,3-7H2,1-2H3,(H2,13,19)/t9-,10+/m0/s1. The van der Waals surface area contributed by atoms with Gasteiger partial charge in [0.15, 0.2) is 5.82 Å². The Hall–Kier alpha value is -1.50. The van der Waals surface area contributed by atoms with Crippen molar-refractivity contribution < 1.29 is 4.79 Å². The Balaban J connectivity index is 1.96. The predicted molar refractivity (Wildman–Crippen MR) is 70.0 cm³/mol. The van der Waals surface area contributed by atoms with Gasteiger partial charge in [-0.15, -0.1) is 5.10 Å². The minimum Gasteiger partial charge on any atom is -0.369 e. The molecule has 2 atom stereocenters. The van der Waals surface area contributed by atoms with Crippen LogP contribution < -0.4 is 11.1 Å². The molecule has 7 heteroatoms. The smallest absolute Gasteiger partial charge is 0.222 e. The maximum atomic E-state index is 11.4. The summed E-state index contributed by atoms with van der Waals surface area (Å²) >= 11 is 0. The van der Waals surface area contributed by atoms with Gasteiger partial charge in [-0.25, -0.2) is 4.68 Å². The van der Waals surface area contributed by atoms with E-state index in [0.717, 1.165) is 31.5 Å². The van der Waals surface area contributed by atoms with Crippen LogP contribution in [0.3, 0.4) is 0 Å². The Labute approximate surface area is 112 Å². The SMILES string of the molecule is CC(C)n1nnnc1CN[C@@H]1CCCC[C@@H]1C(N)=O. The van der Waals surface area contributed by atoms with Crippen LogP contribution in [0.5, 0.6) is 0 Å². The molecule has 1 aliphatic carbocycles. The molecule has 0 aliphatic heterocycles. The number of hydrogen-bond donors (Lipinski definition) is 2. The number of carbonyl (C=O) groups excluding carboxylic acids is 1. The molecule has 0 spiro atoms. The average molecular weight is 266 g/mol. The molecule has 7 nitrogen and oxygen atoms in total. The number of aromatic nitrogens is 4. The quantitative estimate of drug-likeness (QED) is 0.803. The average Bonchev–Trinajstić information content (AvgIpc) is 2.85. The number of carbonyl (C=O) groups is 1. The summed E-state index contributed by atoms with van der Waals surface area (Å²) in [6.07, 6.45) is 4.07. The zero-order chi connectivity index (χ0) is 13.8. The van der Waals surface area contributed by atoms with Crippen LogP contribution in [0.15, 0.2) is 0 Å². The van der Waals surface area contributed by atoms with Crippen LogP contribution >= 0.6 is 0 Å². The van der Waals surface area contributed by atoms with Crippen molar-refractivity contribution in [1.82, 2.24) is 25.5 Å². The highest BCUT2D eigenvalue weighted by Crippen LogP contribution is 2.24. The van der Waals surface area contributed by atoms with Gasteiger partial charge in [0.25, 0.3) is 0 Å². The van der Waals surface area contributed by atoms with Crippen molar-refractivity contribution in [3.63, 3.8) is 0 Å². The van der Waals surface area contributed by atoms with Crippen molar-refractivity contribution in [2.45, 2.75) is 58.2 Å². The molecule has 1 saturated carbocycles. The van der Waals surface area contributed by atoms with E-state index in [-0.39, 0.29) is 23.9 Å². The van der Waals surface area contributed by atoms with Gasteiger partial charge in [0.1, 0.15) is 0 Å². The Bertz CT molecular complexity index is 430. The van der Waals surface area contributed by atoms with Crippen LogP contribution in [-0.2, 0) is 11.3 Å². The third-order valence-electron chi connectivity index (χ3n) is 3.70. The van der Waals surface area contributed by atoms with Gasteiger partial charge in [-0.05, 0) is 37.1 Å². The van der Waals surface area contributed by atoms with Gasteiger partial charge in [0, 0.05) is 6.04 Å². The van der Waals surface area contributed by atoms with Crippen molar-refractivity contribution in [1.29, 1.82) is 0 Å². The van der Waals surface area contributed by atoms with E-state index in [4.69, 9.17) is 5.73 Å². The second kappa shape index (κ2) is 6.10. The molecule has 19 heavy (non-hydrogen) atoms. The lowest BCUT2D eigenvalue weighted by Crippen LogP contribution is -2.44. The van der Waals surface area contributed by atoms with Gasteiger partial charge < -0.3 is 11.1 Å². The highest BCUT2D eigenvalue weighted by molar-refractivity contribution is 5.77. The first-order valence-corrected chi connectivity index (χ1v) is 6.89. The first kappa shape index (κ1) is 13.9. The zero-order valence-electron chi connectivity index (χ0n) is 11.5. The molecule has 1 amide bonds. The molecular formula is C12H22N6O. The number of rotatable bonds is 5. The van der Waals surface area contributed by atoms with E-state index >= 15 is 0 Å². The fourth-order valence-electron chi connectivity index (χ4n) is 2.67. The fraction of sp³-hybridized carbons (Fsp3) is 0.833.